The number of amides is 1. The van der Waals surface area contributed by atoms with E-state index in [4.69, 9.17) is 0 Å². The Morgan fingerprint density at radius 1 is 1.35 bits per heavy atom. The Morgan fingerprint density at radius 3 is 2.73 bits per heavy atom. The second-order valence-corrected chi connectivity index (χ2v) is 7.92. The van der Waals surface area contributed by atoms with Crippen LogP contribution in [-0.4, -0.2) is 28.0 Å². The molecule has 0 saturated heterocycles. The first-order chi connectivity index (χ1) is 12.3. The third kappa shape index (κ3) is 3.51. The molecule has 3 rings (SSSR count). The van der Waals surface area contributed by atoms with E-state index in [1.165, 1.54) is 0 Å². The summed E-state index contributed by atoms with van der Waals surface area (Å²) in [6.07, 6.45) is 4.15. The standard InChI is InChI=1S/C20H22BrN3O2/c1-11(2)24-18-8-14(21)7-15(17(18)10-23-24)20(26)22-9-16-13(4)5-12(3)6-19(16)25/h5,7-8,10-11H,6,9H2,1-4H3,(H,22,26). The molecule has 1 aromatic carbocycles. The van der Waals surface area contributed by atoms with Crippen molar-refractivity contribution < 1.29 is 9.59 Å². The molecule has 0 aliphatic heterocycles. The van der Waals surface area contributed by atoms with Gasteiger partial charge in [0.2, 0.25) is 0 Å². The lowest BCUT2D eigenvalue weighted by molar-refractivity contribution is -0.115. The normalized spacial score (nSPS) is 15.0. The van der Waals surface area contributed by atoms with Gasteiger partial charge in [-0.1, -0.05) is 27.6 Å². The quantitative estimate of drug-likeness (QED) is 0.806. The number of aromatic nitrogens is 2. The van der Waals surface area contributed by atoms with Gasteiger partial charge in [0.05, 0.1) is 17.3 Å². The van der Waals surface area contributed by atoms with Crippen molar-refractivity contribution in [3.63, 3.8) is 0 Å². The average Bonchev–Trinajstić information content (AvgIpc) is 2.96. The lowest BCUT2D eigenvalue weighted by Crippen LogP contribution is -2.29. The van der Waals surface area contributed by atoms with Gasteiger partial charge in [-0.15, -0.1) is 0 Å². The maximum absolute atomic E-state index is 12.8. The van der Waals surface area contributed by atoms with Gasteiger partial charge in [0.1, 0.15) is 0 Å². The molecule has 136 valence electrons. The van der Waals surface area contributed by atoms with E-state index in [9.17, 15) is 9.59 Å². The van der Waals surface area contributed by atoms with E-state index in [2.05, 4.69) is 26.3 Å². The van der Waals surface area contributed by atoms with Crippen LogP contribution in [0, 0.1) is 0 Å². The first-order valence-corrected chi connectivity index (χ1v) is 9.42. The van der Waals surface area contributed by atoms with Crippen LogP contribution in [0.2, 0.25) is 0 Å². The Balaban J connectivity index is 1.89. The van der Waals surface area contributed by atoms with Crippen LogP contribution in [-0.2, 0) is 4.79 Å². The number of nitrogens with zero attached hydrogens (tertiary/aromatic N) is 2. The van der Waals surface area contributed by atoms with Crippen LogP contribution >= 0.6 is 15.9 Å². The number of rotatable bonds is 4. The number of benzene rings is 1. The summed E-state index contributed by atoms with van der Waals surface area (Å²) in [6.45, 7) is 8.19. The highest BCUT2D eigenvalue weighted by molar-refractivity contribution is 9.10. The van der Waals surface area contributed by atoms with Gasteiger partial charge >= 0.3 is 0 Å². The van der Waals surface area contributed by atoms with E-state index in [0.29, 0.717) is 17.6 Å². The first-order valence-electron chi connectivity index (χ1n) is 8.63. The summed E-state index contributed by atoms with van der Waals surface area (Å²) >= 11 is 3.48. The minimum absolute atomic E-state index is 0.0785. The number of ketones is 1. The molecule has 0 fully saturated rings. The molecule has 26 heavy (non-hydrogen) atoms. The topological polar surface area (TPSA) is 64.0 Å². The molecule has 1 N–H and O–H groups in total. The van der Waals surface area contributed by atoms with Crippen LogP contribution in [0.25, 0.3) is 10.9 Å². The molecule has 0 saturated carbocycles. The molecule has 1 aliphatic rings. The fourth-order valence-electron chi connectivity index (χ4n) is 3.30. The lowest BCUT2D eigenvalue weighted by Gasteiger charge is -2.16. The predicted octanol–water partition coefficient (Wildman–Crippen LogP) is 4.35. The Kier molecular flexibility index (Phi) is 5.14. The number of carbonyl (C=O) groups excluding carboxylic acids is 2. The van der Waals surface area contributed by atoms with Crippen LogP contribution in [0.15, 0.2) is 45.6 Å². The summed E-state index contributed by atoms with van der Waals surface area (Å²) < 4.78 is 2.71. The summed E-state index contributed by atoms with van der Waals surface area (Å²) in [6, 6.07) is 3.95. The van der Waals surface area contributed by atoms with Gasteiger partial charge in [0.15, 0.2) is 5.78 Å². The highest BCUT2D eigenvalue weighted by Gasteiger charge is 2.20. The van der Waals surface area contributed by atoms with Gasteiger partial charge < -0.3 is 5.32 Å². The molecule has 0 unspecified atom stereocenters. The van der Waals surface area contributed by atoms with Crippen molar-refractivity contribution in [1.82, 2.24) is 15.1 Å². The summed E-state index contributed by atoms with van der Waals surface area (Å²) in [5.41, 5.74) is 4.10. The van der Waals surface area contributed by atoms with E-state index >= 15 is 0 Å². The van der Waals surface area contributed by atoms with Crippen LogP contribution in [0.3, 0.4) is 0 Å². The van der Waals surface area contributed by atoms with Gasteiger partial charge in [0.25, 0.3) is 5.91 Å². The minimum atomic E-state index is -0.209. The number of halogens is 1. The first kappa shape index (κ1) is 18.6. The Morgan fingerprint density at radius 2 is 2.08 bits per heavy atom. The molecule has 1 amide bonds. The molecule has 0 spiro atoms. The number of nitrogens with one attached hydrogen (secondary N) is 1. The molecule has 1 aromatic heterocycles. The molecule has 0 bridgehead atoms. The largest absolute Gasteiger partial charge is 0.348 e. The minimum Gasteiger partial charge on any atom is -0.348 e. The average molecular weight is 416 g/mol. The summed E-state index contributed by atoms with van der Waals surface area (Å²) in [7, 11) is 0. The van der Waals surface area contributed by atoms with Crippen LogP contribution in [0.5, 0.6) is 0 Å². The molecule has 1 aliphatic carbocycles. The fourth-order valence-corrected chi connectivity index (χ4v) is 3.75. The van der Waals surface area contributed by atoms with E-state index in [1.54, 1.807) is 12.3 Å². The van der Waals surface area contributed by atoms with Crippen molar-refractivity contribution in [2.24, 2.45) is 0 Å². The smallest absolute Gasteiger partial charge is 0.252 e. The van der Waals surface area contributed by atoms with Crippen molar-refractivity contribution >= 4 is 38.5 Å². The third-order valence-electron chi connectivity index (χ3n) is 4.56. The number of allylic oxidation sites excluding steroid dienone is 3. The maximum atomic E-state index is 12.8. The van der Waals surface area contributed by atoms with Gasteiger partial charge in [-0.25, -0.2) is 0 Å². The van der Waals surface area contributed by atoms with Gasteiger partial charge in [-0.3, -0.25) is 14.3 Å². The zero-order chi connectivity index (χ0) is 19.0. The van der Waals surface area contributed by atoms with E-state index in [1.807, 2.05) is 44.5 Å². The summed E-state index contributed by atoms with van der Waals surface area (Å²) in [5, 5.41) is 8.11. The maximum Gasteiger partial charge on any atom is 0.252 e. The van der Waals surface area contributed by atoms with Crippen LogP contribution < -0.4 is 5.32 Å². The molecule has 6 heteroatoms. The second-order valence-electron chi connectivity index (χ2n) is 7.00. The van der Waals surface area contributed by atoms with E-state index in [-0.39, 0.29) is 24.3 Å². The number of hydrogen-bond donors (Lipinski definition) is 1. The Labute approximate surface area is 161 Å². The number of carbonyl (C=O) groups is 2. The van der Waals surface area contributed by atoms with Crippen molar-refractivity contribution in [1.29, 1.82) is 0 Å². The SMILES string of the molecule is CC1=CC(C)=C(CNC(=O)c2cc(Br)cc3c2cnn3C(C)C)C(=O)C1. The van der Waals surface area contributed by atoms with Crippen molar-refractivity contribution in [2.75, 3.05) is 6.54 Å². The predicted molar refractivity (Wildman–Crippen MR) is 106 cm³/mol. The second kappa shape index (κ2) is 7.19. The van der Waals surface area contributed by atoms with Crippen LogP contribution in [0.1, 0.15) is 50.5 Å². The molecule has 2 aromatic rings. The number of hydrogen-bond acceptors (Lipinski definition) is 3. The monoisotopic (exact) mass is 415 g/mol. The summed E-state index contributed by atoms with van der Waals surface area (Å²) in [4.78, 5) is 25.0. The Hall–Kier alpha value is -2.21. The van der Waals surface area contributed by atoms with Crippen molar-refractivity contribution in [3.8, 4) is 0 Å². The number of Topliss-reactive ketones (excluding diaryl/α,β-unsaturated/α-hetero) is 1. The highest BCUT2D eigenvalue weighted by atomic mass is 79.9. The van der Waals surface area contributed by atoms with Gasteiger partial charge in [-0.05, 0) is 45.4 Å². The fraction of sp³-hybridized carbons (Fsp3) is 0.350. The Bertz CT molecular complexity index is 967. The third-order valence-corrected chi connectivity index (χ3v) is 5.01. The van der Waals surface area contributed by atoms with Crippen molar-refractivity contribution in [3.05, 3.63) is 51.2 Å². The zero-order valence-electron chi connectivity index (χ0n) is 15.4. The number of fused-ring (bicyclic) bond motifs is 1. The molecule has 0 atom stereocenters. The zero-order valence-corrected chi connectivity index (χ0v) is 17.0. The van der Waals surface area contributed by atoms with E-state index in [0.717, 1.165) is 26.5 Å². The molecular weight excluding hydrogens is 394 g/mol. The lowest BCUT2D eigenvalue weighted by atomic mass is 9.92. The van der Waals surface area contributed by atoms with Gasteiger partial charge in [0, 0.05) is 34.4 Å². The summed E-state index contributed by atoms with van der Waals surface area (Å²) in [5.74, 6) is -0.131. The molecule has 1 heterocycles. The van der Waals surface area contributed by atoms with E-state index < -0.39 is 0 Å². The molecule has 0 radical (unpaired) electrons. The van der Waals surface area contributed by atoms with Crippen LogP contribution in [0.4, 0.5) is 0 Å². The van der Waals surface area contributed by atoms with Crippen molar-refractivity contribution in [2.45, 2.75) is 40.2 Å². The van der Waals surface area contributed by atoms with Gasteiger partial charge in [-0.2, -0.15) is 5.10 Å². The molecular formula is C20H22BrN3O2. The highest BCUT2D eigenvalue weighted by Crippen LogP contribution is 2.26. The molecule has 5 nitrogen and oxygen atoms in total.